The van der Waals surface area contributed by atoms with Crippen LogP contribution in [0.1, 0.15) is 56.9 Å². The van der Waals surface area contributed by atoms with Gasteiger partial charge in [0.25, 0.3) is 0 Å². The summed E-state index contributed by atoms with van der Waals surface area (Å²) in [5.74, 6) is 0.433. The number of likely N-dealkylation sites (tertiary alicyclic amines) is 1. The number of ether oxygens (including phenoxy) is 1. The highest BCUT2D eigenvalue weighted by molar-refractivity contribution is 7.15. The molecule has 2 aliphatic heterocycles. The van der Waals surface area contributed by atoms with Gasteiger partial charge in [-0.1, -0.05) is 25.2 Å². The van der Waals surface area contributed by atoms with Crippen LogP contribution in [0.3, 0.4) is 0 Å². The van der Waals surface area contributed by atoms with Crippen LogP contribution < -0.4 is 5.32 Å². The Kier molecular flexibility index (Phi) is 7.22. The van der Waals surface area contributed by atoms with Crippen molar-refractivity contribution in [1.82, 2.24) is 20.0 Å². The molecular formula is C18H31N5O2S. The second kappa shape index (κ2) is 9.62. The van der Waals surface area contributed by atoms with Gasteiger partial charge in [-0.2, -0.15) is 0 Å². The molecule has 0 spiro atoms. The number of hydrogen-bond donors (Lipinski definition) is 1. The number of anilines is 1. The molecule has 0 aliphatic carbocycles. The molecule has 3 rings (SSSR count). The number of carbonyl (C=O) groups excluding carboxylic acids is 1. The molecule has 3 heterocycles. The van der Waals surface area contributed by atoms with Crippen molar-refractivity contribution >= 4 is 22.5 Å². The van der Waals surface area contributed by atoms with Gasteiger partial charge in [-0.3, -0.25) is 10.2 Å². The summed E-state index contributed by atoms with van der Waals surface area (Å²) >= 11 is 1.51. The number of urea groups is 1. The van der Waals surface area contributed by atoms with Crippen LogP contribution in [0.5, 0.6) is 0 Å². The number of nitrogens with one attached hydrogen (secondary N) is 1. The molecule has 0 bridgehead atoms. The number of piperidine rings is 1. The van der Waals surface area contributed by atoms with Crippen molar-refractivity contribution < 1.29 is 9.53 Å². The fourth-order valence-corrected chi connectivity index (χ4v) is 4.79. The van der Waals surface area contributed by atoms with Gasteiger partial charge in [0.2, 0.25) is 5.13 Å². The molecule has 0 aromatic carbocycles. The maximum absolute atomic E-state index is 12.8. The molecule has 2 amide bonds. The van der Waals surface area contributed by atoms with Crippen LogP contribution in [0.2, 0.25) is 0 Å². The first-order valence-corrected chi connectivity index (χ1v) is 10.7. The molecule has 0 saturated carbocycles. The van der Waals surface area contributed by atoms with Crippen molar-refractivity contribution in [2.75, 3.05) is 44.7 Å². The molecular weight excluding hydrogens is 350 g/mol. The monoisotopic (exact) mass is 381 g/mol. The van der Waals surface area contributed by atoms with Crippen molar-refractivity contribution in [3.63, 3.8) is 0 Å². The summed E-state index contributed by atoms with van der Waals surface area (Å²) in [6.45, 7) is 9.59. The predicted molar refractivity (Wildman–Crippen MR) is 104 cm³/mol. The molecule has 1 unspecified atom stereocenters. The fourth-order valence-electron chi connectivity index (χ4n) is 3.79. The highest BCUT2D eigenvalue weighted by Crippen LogP contribution is 2.28. The zero-order chi connectivity index (χ0) is 18.4. The zero-order valence-corrected chi connectivity index (χ0v) is 16.8. The van der Waals surface area contributed by atoms with Gasteiger partial charge in [-0.05, 0) is 32.1 Å². The van der Waals surface area contributed by atoms with Gasteiger partial charge in [0.05, 0.1) is 13.2 Å². The van der Waals surface area contributed by atoms with Crippen LogP contribution in [0.25, 0.3) is 0 Å². The van der Waals surface area contributed by atoms with Gasteiger partial charge in [-0.15, -0.1) is 10.2 Å². The van der Waals surface area contributed by atoms with E-state index in [1.165, 1.54) is 17.8 Å². The van der Waals surface area contributed by atoms with Gasteiger partial charge in [-0.25, -0.2) is 4.79 Å². The average Bonchev–Trinajstić information content (AvgIpc) is 3.12. The Balaban J connectivity index is 1.59. The molecule has 146 valence electrons. The maximum Gasteiger partial charge on any atom is 0.323 e. The fraction of sp³-hybridized carbons (Fsp3) is 0.833. The molecule has 7 nitrogen and oxygen atoms in total. The molecule has 1 N–H and O–H groups in total. The number of hydrogen-bond acceptors (Lipinski definition) is 6. The van der Waals surface area contributed by atoms with Crippen LogP contribution in [0.15, 0.2) is 0 Å². The first-order valence-electron chi connectivity index (χ1n) is 9.92. The number of aromatic nitrogens is 2. The summed E-state index contributed by atoms with van der Waals surface area (Å²) in [6.07, 6.45) is 5.43. The average molecular weight is 382 g/mol. The Bertz CT molecular complexity index is 572. The van der Waals surface area contributed by atoms with Crippen molar-refractivity contribution in [1.29, 1.82) is 0 Å². The van der Waals surface area contributed by atoms with Crippen molar-refractivity contribution in [3.05, 3.63) is 5.01 Å². The number of amides is 2. The summed E-state index contributed by atoms with van der Waals surface area (Å²) in [5, 5.41) is 13.1. The lowest BCUT2D eigenvalue weighted by atomic mass is 10.0. The van der Waals surface area contributed by atoms with E-state index in [9.17, 15) is 4.79 Å². The smallest absolute Gasteiger partial charge is 0.323 e. The van der Waals surface area contributed by atoms with E-state index in [1.807, 2.05) is 4.90 Å². The zero-order valence-electron chi connectivity index (χ0n) is 15.9. The molecule has 1 aromatic rings. The number of nitrogens with zero attached hydrogens (tertiary/aromatic N) is 4. The molecule has 0 radical (unpaired) electrons. The van der Waals surface area contributed by atoms with Crippen LogP contribution in [0, 0.1) is 0 Å². The molecule has 1 atom stereocenters. The van der Waals surface area contributed by atoms with Crippen LogP contribution in [-0.2, 0) is 4.74 Å². The molecule has 26 heavy (non-hydrogen) atoms. The standard InChI is InChI=1S/C18H31N5O2S/c1-3-14(4-2)16-20-21-17(26-16)19-18(24)23-8-6-5-7-15(23)13-22-9-11-25-12-10-22/h14-15H,3-13H2,1-2H3,(H,19,21,24). The van der Waals surface area contributed by atoms with Crippen LogP contribution >= 0.6 is 11.3 Å². The minimum atomic E-state index is -0.0322. The third-order valence-electron chi connectivity index (χ3n) is 5.45. The summed E-state index contributed by atoms with van der Waals surface area (Å²) in [5.41, 5.74) is 0. The van der Waals surface area contributed by atoms with Crippen molar-refractivity contribution in [3.8, 4) is 0 Å². The molecule has 1 aromatic heterocycles. The Morgan fingerprint density at radius 1 is 1.23 bits per heavy atom. The minimum Gasteiger partial charge on any atom is -0.379 e. The number of morpholine rings is 1. The second-order valence-corrected chi connectivity index (χ2v) is 8.15. The van der Waals surface area contributed by atoms with Gasteiger partial charge in [0.15, 0.2) is 0 Å². The van der Waals surface area contributed by atoms with Gasteiger partial charge < -0.3 is 9.64 Å². The number of rotatable bonds is 6. The summed E-state index contributed by atoms with van der Waals surface area (Å²) in [4.78, 5) is 17.3. The van der Waals surface area contributed by atoms with Crippen LogP contribution in [0.4, 0.5) is 9.93 Å². The summed E-state index contributed by atoms with van der Waals surface area (Å²) in [7, 11) is 0. The quantitative estimate of drug-likeness (QED) is 0.820. The van der Waals surface area contributed by atoms with Gasteiger partial charge in [0.1, 0.15) is 5.01 Å². The molecule has 2 fully saturated rings. The van der Waals surface area contributed by atoms with E-state index in [2.05, 4.69) is 34.3 Å². The lowest BCUT2D eigenvalue weighted by Crippen LogP contribution is -2.52. The van der Waals surface area contributed by atoms with E-state index >= 15 is 0 Å². The third-order valence-corrected chi connectivity index (χ3v) is 6.45. The lowest BCUT2D eigenvalue weighted by molar-refractivity contribution is 0.0229. The van der Waals surface area contributed by atoms with E-state index in [0.29, 0.717) is 11.0 Å². The minimum absolute atomic E-state index is 0.0322. The largest absolute Gasteiger partial charge is 0.379 e. The van der Waals surface area contributed by atoms with Crippen molar-refractivity contribution in [2.24, 2.45) is 0 Å². The van der Waals surface area contributed by atoms with Crippen LogP contribution in [-0.4, -0.2) is 71.5 Å². The van der Waals surface area contributed by atoms with Gasteiger partial charge in [0, 0.05) is 38.1 Å². The molecule has 8 heteroatoms. The van der Waals surface area contributed by atoms with E-state index < -0.39 is 0 Å². The Hall–Kier alpha value is -1.25. The second-order valence-electron chi connectivity index (χ2n) is 7.15. The number of carbonyl (C=O) groups is 1. The Labute approximate surface area is 160 Å². The molecule has 2 aliphatic rings. The first-order chi connectivity index (χ1) is 12.7. The molecule has 2 saturated heterocycles. The highest BCUT2D eigenvalue weighted by Gasteiger charge is 2.29. The van der Waals surface area contributed by atoms with E-state index in [0.717, 1.165) is 70.1 Å². The third kappa shape index (κ3) is 4.92. The topological polar surface area (TPSA) is 70.6 Å². The van der Waals surface area contributed by atoms with Gasteiger partial charge >= 0.3 is 6.03 Å². The van der Waals surface area contributed by atoms with E-state index in [4.69, 9.17) is 4.74 Å². The summed E-state index contributed by atoms with van der Waals surface area (Å²) < 4.78 is 5.43. The maximum atomic E-state index is 12.8. The predicted octanol–water partition coefficient (Wildman–Crippen LogP) is 3.16. The van der Waals surface area contributed by atoms with E-state index in [-0.39, 0.29) is 12.1 Å². The lowest BCUT2D eigenvalue weighted by Gasteiger charge is -2.39. The summed E-state index contributed by atoms with van der Waals surface area (Å²) in [6, 6.07) is 0.239. The SMILES string of the molecule is CCC(CC)c1nnc(NC(=O)N2CCCCC2CN2CCOCC2)s1. The van der Waals surface area contributed by atoms with Crippen molar-refractivity contribution in [2.45, 2.75) is 57.9 Å². The Morgan fingerprint density at radius 3 is 2.73 bits per heavy atom. The Morgan fingerprint density at radius 2 is 2.00 bits per heavy atom. The first kappa shape index (κ1) is 19.5. The van der Waals surface area contributed by atoms with E-state index in [1.54, 1.807) is 0 Å². The highest BCUT2D eigenvalue weighted by atomic mass is 32.1. The normalized spacial score (nSPS) is 22.0.